The van der Waals surface area contributed by atoms with Crippen molar-refractivity contribution in [2.75, 3.05) is 0 Å². The van der Waals surface area contributed by atoms with Crippen LogP contribution in [0.2, 0.25) is 0 Å². The van der Waals surface area contributed by atoms with E-state index in [9.17, 15) is 0 Å². The van der Waals surface area contributed by atoms with Gasteiger partial charge in [-0.25, -0.2) is 0 Å². The van der Waals surface area contributed by atoms with Crippen LogP contribution in [-0.4, -0.2) is 0 Å². The largest absolute Gasteiger partial charge is 0.135 e. The van der Waals surface area contributed by atoms with E-state index < -0.39 is 0 Å². The Kier molecular flexibility index (Phi) is 10.1. The van der Waals surface area contributed by atoms with Crippen molar-refractivity contribution in [1.29, 1.82) is 0 Å². The van der Waals surface area contributed by atoms with Crippen LogP contribution in [0.5, 0.6) is 0 Å². The lowest BCUT2D eigenvalue weighted by molar-refractivity contribution is 1.22. The van der Waals surface area contributed by atoms with Crippen LogP contribution >= 0.6 is 23.1 Å². The van der Waals surface area contributed by atoms with Crippen LogP contribution in [0.4, 0.5) is 0 Å². The van der Waals surface area contributed by atoms with Crippen molar-refractivity contribution >= 4 is 86.7 Å². The van der Waals surface area contributed by atoms with Crippen molar-refractivity contribution in [1.82, 2.24) is 0 Å². The third-order valence-corrected chi connectivity index (χ3v) is 12.6. The Labute approximate surface area is 326 Å². The first-order valence-corrected chi connectivity index (χ1v) is 20.1. The number of thiophene rings is 1. The zero-order valence-electron chi connectivity index (χ0n) is 31.0. The number of rotatable bonds is 9. The Hall–Kier alpha value is -5.67. The summed E-state index contributed by atoms with van der Waals surface area (Å²) in [6.45, 7) is 14.6. The standard InChI is InChI=1S/C52H42S2/c1-6-9-18-35(5)51-43-20-10-12-22-45(43)52(46-23-13-11-21-44(46)51)37(17-8-3)27-26-36(16-7-2)34(4)25-28-41-30-40-29-38-31-47-42-19-14-15-24-48(42)54-50(47)33-39(38)32-49(40)53-41/h6-29,31-33H,2-3,30H2,1,4-5H3/b9-6-,27-26+,34-25+,35-18+,36-16-,37-17-,41-28+. The van der Waals surface area contributed by atoms with Gasteiger partial charge in [0.05, 0.1) is 0 Å². The molecule has 262 valence electrons. The van der Waals surface area contributed by atoms with Crippen LogP contribution in [0.1, 0.15) is 37.5 Å². The molecule has 0 nitrogen and oxygen atoms in total. The fourth-order valence-corrected chi connectivity index (χ4v) is 9.94. The number of benzene rings is 6. The zero-order chi connectivity index (χ0) is 37.2. The van der Waals surface area contributed by atoms with Gasteiger partial charge in [-0.05, 0) is 127 Å². The molecule has 54 heavy (non-hydrogen) atoms. The molecule has 0 fully saturated rings. The molecule has 0 aliphatic carbocycles. The van der Waals surface area contributed by atoms with Gasteiger partial charge in [-0.15, -0.1) is 11.3 Å². The van der Waals surface area contributed by atoms with Gasteiger partial charge in [0.25, 0.3) is 0 Å². The Morgan fingerprint density at radius 1 is 0.630 bits per heavy atom. The van der Waals surface area contributed by atoms with E-state index in [1.807, 2.05) is 35.3 Å². The number of thioether (sulfide) groups is 1. The van der Waals surface area contributed by atoms with Gasteiger partial charge < -0.3 is 0 Å². The molecule has 8 rings (SSSR count). The highest BCUT2D eigenvalue weighted by molar-refractivity contribution is 8.03. The highest BCUT2D eigenvalue weighted by Crippen LogP contribution is 2.44. The maximum absolute atomic E-state index is 4.12. The minimum Gasteiger partial charge on any atom is -0.135 e. The lowest BCUT2D eigenvalue weighted by Gasteiger charge is -2.18. The van der Waals surface area contributed by atoms with Crippen molar-refractivity contribution in [2.45, 2.75) is 32.1 Å². The SMILES string of the molecule is C=C/C=C(/C=C/C(=C/C=C)c1c2ccccc2c(/C(C)=C/C=C\C)c2ccccc12)C(\C)=C\C=C1/Cc2cc3cc4c(cc3cc2S1)sc1ccccc14. The van der Waals surface area contributed by atoms with Crippen molar-refractivity contribution in [3.8, 4) is 0 Å². The van der Waals surface area contributed by atoms with Crippen LogP contribution in [-0.2, 0) is 6.42 Å². The minimum absolute atomic E-state index is 0.949. The molecular weight excluding hydrogens is 689 g/mol. The van der Waals surface area contributed by atoms with E-state index >= 15 is 0 Å². The summed E-state index contributed by atoms with van der Waals surface area (Å²) in [5.41, 5.74) is 8.54. The second kappa shape index (κ2) is 15.4. The van der Waals surface area contributed by atoms with Crippen molar-refractivity contribution in [2.24, 2.45) is 0 Å². The fourth-order valence-electron chi connectivity index (χ4n) is 7.71. The van der Waals surface area contributed by atoms with E-state index in [4.69, 9.17) is 0 Å². The number of fused-ring (bicyclic) bond motifs is 7. The van der Waals surface area contributed by atoms with Gasteiger partial charge in [0.1, 0.15) is 0 Å². The molecule has 0 atom stereocenters. The highest BCUT2D eigenvalue weighted by Gasteiger charge is 2.19. The smallest absolute Gasteiger partial charge is 0.0361 e. The van der Waals surface area contributed by atoms with Gasteiger partial charge in [0, 0.05) is 31.5 Å². The lowest BCUT2D eigenvalue weighted by Crippen LogP contribution is -1.94. The Bertz CT molecular complexity index is 2820. The average Bonchev–Trinajstić information content (AvgIpc) is 3.77. The van der Waals surface area contributed by atoms with Crippen molar-refractivity contribution in [3.05, 3.63) is 210 Å². The van der Waals surface area contributed by atoms with E-state index in [1.165, 1.54) is 90.1 Å². The van der Waals surface area contributed by atoms with Crippen LogP contribution in [0, 0.1) is 0 Å². The molecular formula is C52H42S2. The molecule has 2 heteroatoms. The molecule has 0 spiro atoms. The summed E-state index contributed by atoms with van der Waals surface area (Å²) in [5, 5.41) is 10.3. The lowest BCUT2D eigenvalue weighted by atomic mass is 9.85. The van der Waals surface area contributed by atoms with Gasteiger partial charge in [-0.3, -0.25) is 0 Å². The maximum atomic E-state index is 4.12. The van der Waals surface area contributed by atoms with E-state index in [2.05, 4.69) is 186 Å². The normalized spacial score (nSPS) is 15.3. The predicted molar refractivity (Wildman–Crippen MR) is 244 cm³/mol. The quantitative estimate of drug-likeness (QED) is 0.105. The molecule has 0 amide bonds. The summed E-state index contributed by atoms with van der Waals surface area (Å²) < 4.78 is 2.71. The number of hydrogen-bond donors (Lipinski definition) is 0. The molecule has 1 aromatic heterocycles. The molecule has 6 aromatic carbocycles. The van der Waals surface area contributed by atoms with Gasteiger partial charge in [-0.1, -0.05) is 158 Å². The molecule has 0 unspecified atom stereocenters. The fraction of sp³-hybridized carbons (Fsp3) is 0.0769. The summed E-state index contributed by atoms with van der Waals surface area (Å²) >= 11 is 3.78. The molecule has 7 aromatic rings. The van der Waals surface area contributed by atoms with Crippen LogP contribution < -0.4 is 0 Å². The Morgan fingerprint density at radius 3 is 1.96 bits per heavy atom. The van der Waals surface area contributed by atoms with Crippen LogP contribution in [0.15, 0.2) is 198 Å². The molecule has 0 radical (unpaired) electrons. The molecule has 2 heterocycles. The molecule has 0 saturated carbocycles. The summed E-state index contributed by atoms with van der Waals surface area (Å²) in [6.07, 6.45) is 24.3. The molecule has 0 N–H and O–H groups in total. The topological polar surface area (TPSA) is 0 Å². The second-order valence-corrected chi connectivity index (χ2v) is 16.0. The predicted octanol–water partition coefficient (Wildman–Crippen LogP) is 15.9. The van der Waals surface area contributed by atoms with E-state index in [0.717, 1.165) is 17.6 Å². The summed E-state index contributed by atoms with van der Waals surface area (Å²) in [4.78, 5) is 2.72. The molecule has 1 aliphatic heterocycles. The van der Waals surface area contributed by atoms with Crippen molar-refractivity contribution in [3.63, 3.8) is 0 Å². The van der Waals surface area contributed by atoms with Crippen LogP contribution in [0.3, 0.4) is 0 Å². The van der Waals surface area contributed by atoms with Crippen molar-refractivity contribution < 1.29 is 0 Å². The molecule has 0 bridgehead atoms. The summed E-state index contributed by atoms with van der Waals surface area (Å²) in [5.74, 6) is 0. The first kappa shape index (κ1) is 35.4. The molecule has 1 aliphatic rings. The minimum atomic E-state index is 0.949. The zero-order valence-corrected chi connectivity index (χ0v) is 32.7. The van der Waals surface area contributed by atoms with Gasteiger partial charge in [0.15, 0.2) is 0 Å². The number of hydrogen-bond acceptors (Lipinski definition) is 2. The Morgan fingerprint density at radius 2 is 1.28 bits per heavy atom. The number of allylic oxidation sites excluding steroid dienone is 16. The van der Waals surface area contributed by atoms with Gasteiger partial charge in [0.2, 0.25) is 0 Å². The van der Waals surface area contributed by atoms with Crippen LogP contribution in [0.25, 0.3) is 63.6 Å². The average molecular weight is 731 g/mol. The highest BCUT2D eigenvalue weighted by atomic mass is 32.2. The maximum Gasteiger partial charge on any atom is 0.0361 e. The van der Waals surface area contributed by atoms with E-state index in [-0.39, 0.29) is 0 Å². The van der Waals surface area contributed by atoms with Gasteiger partial charge in [-0.2, -0.15) is 0 Å². The molecule has 0 saturated heterocycles. The third-order valence-electron chi connectivity index (χ3n) is 10.3. The first-order chi connectivity index (χ1) is 26.5. The Balaban J connectivity index is 1.12. The third kappa shape index (κ3) is 6.69. The summed E-state index contributed by atoms with van der Waals surface area (Å²) in [6, 6.07) is 35.8. The first-order valence-electron chi connectivity index (χ1n) is 18.5. The van der Waals surface area contributed by atoms with E-state index in [1.54, 1.807) is 0 Å². The van der Waals surface area contributed by atoms with Gasteiger partial charge >= 0.3 is 0 Å². The van der Waals surface area contributed by atoms with E-state index in [0.29, 0.717) is 0 Å². The second-order valence-electron chi connectivity index (χ2n) is 13.8. The monoisotopic (exact) mass is 730 g/mol. The summed E-state index contributed by atoms with van der Waals surface area (Å²) in [7, 11) is 0.